The summed E-state index contributed by atoms with van der Waals surface area (Å²) in [5.74, 6) is 0. The Kier molecular flexibility index (Phi) is 6.27. The molecule has 0 aliphatic rings. The maximum absolute atomic E-state index is 3.43. The summed E-state index contributed by atoms with van der Waals surface area (Å²) in [5, 5.41) is 0. The molecule has 0 aromatic carbocycles. The van der Waals surface area contributed by atoms with E-state index in [4.69, 9.17) is 0 Å². The zero-order valence-electron chi connectivity index (χ0n) is 5.90. The van der Waals surface area contributed by atoms with E-state index in [1.807, 2.05) is 0 Å². The van der Waals surface area contributed by atoms with Crippen LogP contribution >= 0.6 is 31.9 Å². The van der Waals surface area contributed by atoms with Crippen molar-refractivity contribution >= 4 is 31.9 Å². The molecule has 9 heavy (non-hydrogen) atoms. The van der Waals surface area contributed by atoms with Gasteiger partial charge >= 0.3 is 0 Å². The number of halogens is 2. The van der Waals surface area contributed by atoms with Crippen LogP contribution in [0.25, 0.3) is 0 Å². The minimum absolute atomic E-state index is 0.435. The largest absolute Gasteiger partial charge is 0.302 e. The van der Waals surface area contributed by atoms with Crippen LogP contribution in [0.1, 0.15) is 13.8 Å². The van der Waals surface area contributed by atoms with E-state index in [1.54, 1.807) is 0 Å². The van der Waals surface area contributed by atoms with Crippen LogP contribution in [-0.2, 0) is 0 Å². The number of hydrogen-bond acceptors (Lipinski definition) is 1. The van der Waals surface area contributed by atoms with Crippen LogP contribution in [0.3, 0.4) is 0 Å². The SMILES string of the molecule is CCN(CC)CC(Br)Br. The van der Waals surface area contributed by atoms with Crippen molar-refractivity contribution in [1.29, 1.82) is 0 Å². The van der Waals surface area contributed by atoms with E-state index in [9.17, 15) is 0 Å². The van der Waals surface area contributed by atoms with Gasteiger partial charge < -0.3 is 4.90 Å². The first-order valence-electron chi connectivity index (χ1n) is 3.21. The van der Waals surface area contributed by atoms with Gasteiger partial charge in [0.05, 0.1) is 3.74 Å². The van der Waals surface area contributed by atoms with E-state index in [1.165, 1.54) is 0 Å². The first-order chi connectivity index (χ1) is 4.20. The van der Waals surface area contributed by atoms with Gasteiger partial charge in [0.1, 0.15) is 0 Å². The van der Waals surface area contributed by atoms with Crippen molar-refractivity contribution in [2.75, 3.05) is 19.6 Å². The van der Waals surface area contributed by atoms with E-state index < -0.39 is 0 Å². The minimum atomic E-state index is 0.435. The van der Waals surface area contributed by atoms with Gasteiger partial charge in [0.2, 0.25) is 0 Å². The average molecular weight is 259 g/mol. The van der Waals surface area contributed by atoms with Gasteiger partial charge in [0, 0.05) is 6.54 Å². The molecule has 0 spiro atoms. The van der Waals surface area contributed by atoms with Crippen molar-refractivity contribution in [3.63, 3.8) is 0 Å². The van der Waals surface area contributed by atoms with Crippen LogP contribution < -0.4 is 0 Å². The standard InChI is InChI=1S/C6H13Br2N/c1-3-9(4-2)5-6(7)8/h6H,3-5H2,1-2H3. The van der Waals surface area contributed by atoms with Gasteiger partial charge in [-0.05, 0) is 13.1 Å². The number of rotatable bonds is 4. The van der Waals surface area contributed by atoms with Gasteiger partial charge in [-0.1, -0.05) is 45.7 Å². The van der Waals surface area contributed by atoms with Gasteiger partial charge in [-0.15, -0.1) is 0 Å². The normalized spacial score (nSPS) is 11.3. The van der Waals surface area contributed by atoms with Crippen LogP contribution in [0.4, 0.5) is 0 Å². The molecule has 0 fully saturated rings. The van der Waals surface area contributed by atoms with Crippen molar-refractivity contribution in [3.8, 4) is 0 Å². The summed E-state index contributed by atoms with van der Waals surface area (Å²) in [5.41, 5.74) is 0. The molecule has 0 aliphatic heterocycles. The van der Waals surface area contributed by atoms with E-state index in [0.717, 1.165) is 19.6 Å². The average Bonchev–Trinajstić information content (AvgIpc) is 1.82. The monoisotopic (exact) mass is 257 g/mol. The minimum Gasteiger partial charge on any atom is -0.302 e. The molecule has 0 saturated carbocycles. The van der Waals surface area contributed by atoms with E-state index in [0.29, 0.717) is 3.74 Å². The van der Waals surface area contributed by atoms with E-state index in [-0.39, 0.29) is 0 Å². The third kappa shape index (κ3) is 5.37. The number of alkyl halides is 2. The lowest BCUT2D eigenvalue weighted by atomic mass is 10.5. The Morgan fingerprint density at radius 1 is 1.22 bits per heavy atom. The molecule has 0 aliphatic carbocycles. The molecular formula is C6H13Br2N. The smallest absolute Gasteiger partial charge is 0.0824 e. The topological polar surface area (TPSA) is 3.24 Å². The first kappa shape index (κ1) is 9.92. The first-order valence-corrected chi connectivity index (χ1v) is 5.04. The van der Waals surface area contributed by atoms with Crippen LogP contribution in [0.15, 0.2) is 0 Å². The summed E-state index contributed by atoms with van der Waals surface area (Å²) in [7, 11) is 0. The van der Waals surface area contributed by atoms with Crippen LogP contribution in [0, 0.1) is 0 Å². The second-order valence-corrected chi connectivity index (χ2v) is 5.32. The van der Waals surface area contributed by atoms with Gasteiger partial charge in [0.15, 0.2) is 0 Å². The van der Waals surface area contributed by atoms with Gasteiger partial charge in [-0.2, -0.15) is 0 Å². The zero-order chi connectivity index (χ0) is 7.28. The highest BCUT2D eigenvalue weighted by Gasteiger charge is 2.02. The lowest BCUT2D eigenvalue weighted by molar-refractivity contribution is 0.321. The molecule has 0 rings (SSSR count). The van der Waals surface area contributed by atoms with Crippen LogP contribution in [0.5, 0.6) is 0 Å². The fraction of sp³-hybridized carbons (Fsp3) is 1.00. The molecule has 0 radical (unpaired) electrons. The third-order valence-corrected chi connectivity index (χ3v) is 1.87. The molecule has 0 bridgehead atoms. The Balaban J connectivity index is 3.31. The molecule has 0 amide bonds. The molecule has 0 aromatic rings. The lowest BCUT2D eigenvalue weighted by Crippen LogP contribution is -2.27. The molecule has 0 unspecified atom stereocenters. The molecule has 0 atom stereocenters. The lowest BCUT2D eigenvalue weighted by Gasteiger charge is -2.18. The molecule has 56 valence electrons. The zero-order valence-corrected chi connectivity index (χ0v) is 9.07. The number of hydrogen-bond donors (Lipinski definition) is 0. The highest BCUT2D eigenvalue weighted by molar-refractivity contribution is 9.24. The van der Waals surface area contributed by atoms with Gasteiger partial charge in [-0.3, -0.25) is 0 Å². The van der Waals surface area contributed by atoms with Gasteiger partial charge in [-0.25, -0.2) is 0 Å². The maximum atomic E-state index is 3.43. The Morgan fingerprint density at radius 3 is 1.78 bits per heavy atom. The van der Waals surface area contributed by atoms with Crippen molar-refractivity contribution in [1.82, 2.24) is 4.90 Å². The predicted molar refractivity (Wildman–Crippen MR) is 49.4 cm³/mol. The van der Waals surface area contributed by atoms with Crippen molar-refractivity contribution in [2.45, 2.75) is 17.6 Å². The summed E-state index contributed by atoms with van der Waals surface area (Å²) in [4.78, 5) is 2.36. The highest BCUT2D eigenvalue weighted by Crippen LogP contribution is 2.09. The second kappa shape index (κ2) is 5.69. The molecule has 0 N–H and O–H groups in total. The van der Waals surface area contributed by atoms with Crippen LogP contribution in [0.2, 0.25) is 0 Å². The molecule has 0 heterocycles. The molecule has 0 saturated heterocycles. The Hall–Kier alpha value is 0.920. The van der Waals surface area contributed by atoms with E-state index >= 15 is 0 Å². The summed E-state index contributed by atoms with van der Waals surface area (Å²) in [6.07, 6.45) is 0. The summed E-state index contributed by atoms with van der Waals surface area (Å²) in [6.45, 7) is 7.68. The molecule has 3 heteroatoms. The van der Waals surface area contributed by atoms with Crippen LogP contribution in [-0.4, -0.2) is 28.3 Å². The molecule has 0 aromatic heterocycles. The Bertz CT molecular complexity index is 62.1. The van der Waals surface area contributed by atoms with Crippen molar-refractivity contribution in [2.24, 2.45) is 0 Å². The highest BCUT2D eigenvalue weighted by atomic mass is 79.9. The Morgan fingerprint density at radius 2 is 1.67 bits per heavy atom. The predicted octanol–water partition coefficient (Wildman–Crippen LogP) is 2.44. The summed E-state index contributed by atoms with van der Waals surface area (Å²) >= 11 is 6.86. The second-order valence-electron chi connectivity index (χ2n) is 1.88. The molecular weight excluding hydrogens is 246 g/mol. The fourth-order valence-corrected chi connectivity index (χ4v) is 1.50. The van der Waals surface area contributed by atoms with Crippen molar-refractivity contribution in [3.05, 3.63) is 0 Å². The van der Waals surface area contributed by atoms with Crippen molar-refractivity contribution < 1.29 is 0 Å². The maximum Gasteiger partial charge on any atom is 0.0824 e. The number of nitrogens with zero attached hydrogens (tertiary/aromatic N) is 1. The van der Waals surface area contributed by atoms with Gasteiger partial charge in [0.25, 0.3) is 0 Å². The molecule has 1 nitrogen and oxygen atoms in total. The summed E-state index contributed by atoms with van der Waals surface area (Å²) in [6, 6.07) is 0. The quantitative estimate of drug-likeness (QED) is 0.701. The summed E-state index contributed by atoms with van der Waals surface area (Å²) < 4.78 is 0.435. The third-order valence-electron chi connectivity index (χ3n) is 1.29. The Labute approximate surface area is 74.1 Å². The fourth-order valence-electron chi connectivity index (χ4n) is 0.677. The van der Waals surface area contributed by atoms with E-state index in [2.05, 4.69) is 50.6 Å².